The van der Waals surface area contributed by atoms with Gasteiger partial charge in [-0.05, 0) is 31.2 Å². The van der Waals surface area contributed by atoms with Crippen LogP contribution in [0.1, 0.15) is 24.8 Å². The topological polar surface area (TPSA) is 0 Å². The van der Waals surface area contributed by atoms with Crippen molar-refractivity contribution in [3.05, 3.63) is 48.6 Å². The molecule has 1 aromatic rings. The summed E-state index contributed by atoms with van der Waals surface area (Å²) >= 11 is 0. The van der Waals surface area contributed by atoms with Gasteiger partial charge in [0.15, 0.2) is 0 Å². The van der Waals surface area contributed by atoms with E-state index < -0.39 is 0 Å². The lowest BCUT2D eigenvalue weighted by atomic mass is 10.1. The molecule has 1 aromatic carbocycles. The maximum absolute atomic E-state index is 3.71. The monoisotopic (exact) mass is 160 g/mol. The van der Waals surface area contributed by atoms with Gasteiger partial charge in [0.2, 0.25) is 0 Å². The van der Waals surface area contributed by atoms with Gasteiger partial charge in [0, 0.05) is 0 Å². The fraction of sp³-hybridized carbons (Fsp3) is 0.333. The molecule has 0 fully saturated rings. The number of aryl methyl sites for hydroxylation is 1. The summed E-state index contributed by atoms with van der Waals surface area (Å²) in [5.74, 6) is 0. The molecule has 1 rings (SSSR count). The molecule has 0 nitrogen and oxygen atoms in total. The summed E-state index contributed by atoms with van der Waals surface area (Å²) in [5.41, 5.74) is 1.45. The van der Waals surface area contributed by atoms with Gasteiger partial charge in [-0.2, -0.15) is 0 Å². The number of benzene rings is 1. The van der Waals surface area contributed by atoms with Crippen LogP contribution >= 0.6 is 0 Å². The number of allylic oxidation sites excluding steroid dienone is 1. The van der Waals surface area contributed by atoms with Gasteiger partial charge in [0.05, 0.1) is 0 Å². The van der Waals surface area contributed by atoms with Crippen molar-refractivity contribution in [1.82, 2.24) is 0 Å². The van der Waals surface area contributed by atoms with Crippen molar-refractivity contribution in [3.63, 3.8) is 0 Å². The second kappa shape index (κ2) is 5.59. The Balaban J connectivity index is 2.20. The van der Waals surface area contributed by atoms with Gasteiger partial charge in [-0.25, -0.2) is 0 Å². The van der Waals surface area contributed by atoms with E-state index in [0.29, 0.717) is 0 Å². The molecule has 0 bridgehead atoms. The number of unbranched alkanes of at least 4 members (excludes halogenated alkanes) is 2. The van der Waals surface area contributed by atoms with Crippen molar-refractivity contribution >= 4 is 0 Å². The maximum Gasteiger partial charge on any atom is -0.0279 e. The molecule has 0 amide bonds. The van der Waals surface area contributed by atoms with Gasteiger partial charge in [0.1, 0.15) is 0 Å². The number of hydrogen-bond donors (Lipinski definition) is 0. The zero-order valence-corrected chi connectivity index (χ0v) is 7.50. The van der Waals surface area contributed by atoms with Crippen LogP contribution in [0.25, 0.3) is 0 Å². The van der Waals surface area contributed by atoms with E-state index in [9.17, 15) is 0 Å². The zero-order chi connectivity index (χ0) is 8.65. The first-order chi connectivity index (χ1) is 5.93. The first-order valence-corrected chi connectivity index (χ1v) is 4.58. The van der Waals surface area contributed by atoms with Crippen molar-refractivity contribution < 1.29 is 0 Å². The van der Waals surface area contributed by atoms with Crippen LogP contribution in [0, 0.1) is 0 Å². The quantitative estimate of drug-likeness (QED) is 0.456. The third-order valence-corrected chi connectivity index (χ3v) is 1.97. The fourth-order valence-electron chi connectivity index (χ4n) is 1.26. The first kappa shape index (κ1) is 9.05. The molecule has 0 saturated heterocycles. The van der Waals surface area contributed by atoms with Gasteiger partial charge in [-0.3, -0.25) is 0 Å². The van der Waals surface area contributed by atoms with Crippen molar-refractivity contribution in [2.45, 2.75) is 25.7 Å². The van der Waals surface area contributed by atoms with E-state index in [1.54, 1.807) is 0 Å². The highest BCUT2D eigenvalue weighted by Crippen LogP contribution is 2.05. The van der Waals surface area contributed by atoms with E-state index in [2.05, 4.69) is 36.9 Å². The van der Waals surface area contributed by atoms with E-state index in [1.807, 2.05) is 6.08 Å². The molecule has 0 N–H and O–H groups in total. The SMILES string of the molecule is C=CCCCCc1ccccc1. The Bertz CT molecular complexity index is 211. The van der Waals surface area contributed by atoms with Crippen LogP contribution in [-0.4, -0.2) is 0 Å². The van der Waals surface area contributed by atoms with Crippen molar-refractivity contribution in [3.8, 4) is 0 Å². The molecule has 0 aliphatic rings. The smallest absolute Gasteiger partial charge is 0.0279 e. The summed E-state index contributed by atoms with van der Waals surface area (Å²) in [6, 6.07) is 10.6. The van der Waals surface area contributed by atoms with Crippen molar-refractivity contribution in [2.24, 2.45) is 0 Å². The molecule has 0 aliphatic carbocycles. The molecule has 0 aliphatic heterocycles. The third kappa shape index (κ3) is 3.38. The lowest BCUT2D eigenvalue weighted by Crippen LogP contribution is -1.83. The predicted octanol–water partition coefficient (Wildman–Crippen LogP) is 3.59. The second-order valence-electron chi connectivity index (χ2n) is 3.02. The minimum Gasteiger partial charge on any atom is -0.103 e. The van der Waals surface area contributed by atoms with Crippen LogP contribution in [0.4, 0.5) is 0 Å². The minimum absolute atomic E-state index is 1.15. The molecule has 12 heavy (non-hydrogen) atoms. The molecule has 64 valence electrons. The van der Waals surface area contributed by atoms with E-state index in [0.717, 1.165) is 6.42 Å². The maximum atomic E-state index is 3.71. The summed E-state index contributed by atoms with van der Waals surface area (Å²) in [6.07, 6.45) is 6.88. The molecular formula is C12H16. The number of hydrogen-bond acceptors (Lipinski definition) is 0. The molecule has 0 saturated carbocycles. The normalized spacial score (nSPS) is 9.67. The van der Waals surface area contributed by atoms with Crippen LogP contribution < -0.4 is 0 Å². The van der Waals surface area contributed by atoms with Crippen molar-refractivity contribution in [1.29, 1.82) is 0 Å². The number of rotatable bonds is 5. The molecule has 0 unspecified atom stereocenters. The van der Waals surface area contributed by atoms with Crippen molar-refractivity contribution in [2.75, 3.05) is 0 Å². The average Bonchev–Trinajstić information content (AvgIpc) is 2.14. The Morgan fingerprint density at radius 3 is 2.50 bits per heavy atom. The Kier molecular flexibility index (Phi) is 4.22. The highest BCUT2D eigenvalue weighted by atomic mass is 14.0. The lowest BCUT2D eigenvalue weighted by molar-refractivity contribution is 0.748. The second-order valence-corrected chi connectivity index (χ2v) is 3.02. The van der Waals surface area contributed by atoms with Crippen LogP contribution in [0.2, 0.25) is 0 Å². The predicted molar refractivity (Wildman–Crippen MR) is 54.2 cm³/mol. The van der Waals surface area contributed by atoms with Crippen LogP contribution in [-0.2, 0) is 6.42 Å². The average molecular weight is 160 g/mol. The standard InChI is InChI=1S/C12H16/c1-2-3-4-6-9-12-10-7-5-8-11-12/h2,5,7-8,10-11H,1,3-4,6,9H2. The molecule has 0 spiro atoms. The molecule has 0 atom stereocenters. The van der Waals surface area contributed by atoms with Gasteiger partial charge in [0.25, 0.3) is 0 Å². The lowest BCUT2D eigenvalue weighted by Gasteiger charge is -1.98. The summed E-state index contributed by atoms with van der Waals surface area (Å²) in [5, 5.41) is 0. The van der Waals surface area contributed by atoms with E-state index in [4.69, 9.17) is 0 Å². The molecule has 0 heterocycles. The van der Waals surface area contributed by atoms with Gasteiger partial charge >= 0.3 is 0 Å². The Morgan fingerprint density at radius 1 is 1.08 bits per heavy atom. The summed E-state index contributed by atoms with van der Waals surface area (Å²) in [7, 11) is 0. The van der Waals surface area contributed by atoms with Gasteiger partial charge in [-0.1, -0.05) is 36.4 Å². The summed E-state index contributed by atoms with van der Waals surface area (Å²) in [6.45, 7) is 3.71. The van der Waals surface area contributed by atoms with E-state index in [1.165, 1.54) is 24.8 Å². The van der Waals surface area contributed by atoms with Gasteiger partial charge in [-0.15, -0.1) is 6.58 Å². The van der Waals surface area contributed by atoms with Gasteiger partial charge < -0.3 is 0 Å². The van der Waals surface area contributed by atoms with E-state index >= 15 is 0 Å². The minimum atomic E-state index is 1.15. The Labute approximate surface area is 74.9 Å². The Hall–Kier alpha value is -1.04. The van der Waals surface area contributed by atoms with E-state index in [-0.39, 0.29) is 0 Å². The highest BCUT2D eigenvalue weighted by molar-refractivity contribution is 5.14. The fourth-order valence-corrected chi connectivity index (χ4v) is 1.26. The first-order valence-electron chi connectivity index (χ1n) is 4.58. The molecule has 0 aromatic heterocycles. The summed E-state index contributed by atoms with van der Waals surface area (Å²) < 4.78 is 0. The largest absolute Gasteiger partial charge is 0.103 e. The zero-order valence-electron chi connectivity index (χ0n) is 7.50. The third-order valence-electron chi connectivity index (χ3n) is 1.97. The summed E-state index contributed by atoms with van der Waals surface area (Å²) in [4.78, 5) is 0. The molecular weight excluding hydrogens is 144 g/mol. The highest BCUT2D eigenvalue weighted by Gasteiger charge is 1.89. The Morgan fingerprint density at radius 2 is 1.83 bits per heavy atom. The van der Waals surface area contributed by atoms with Crippen LogP contribution in [0.5, 0.6) is 0 Å². The molecule has 0 radical (unpaired) electrons. The molecule has 0 heteroatoms. The van der Waals surface area contributed by atoms with Crippen LogP contribution in [0.15, 0.2) is 43.0 Å². The van der Waals surface area contributed by atoms with Crippen LogP contribution in [0.3, 0.4) is 0 Å².